The van der Waals surface area contributed by atoms with Gasteiger partial charge in [-0.25, -0.2) is 9.78 Å². The fraction of sp³-hybridized carbons (Fsp3) is 0.333. The van der Waals surface area contributed by atoms with Crippen molar-refractivity contribution < 1.29 is 14.7 Å². The molecule has 0 aliphatic heterocycles. The second-order valence-electron chi connectivity index (χ2n) is 5.24. The molecule has 0 aliphatic rings. The van der Waals surface area contributed by atoms with Crippen LogP contribution in [0.4, 0.5) is 0 Å². The smallest absolute Gasteiger partial charge is 0.326 e. The Bertz CT molecular complexity index is 670. The molecule has 0 spiro atoms. The van der Waals surface area contributed by atoms with E-state index in [4.69, 9.17) is 5.11 Å². The van der Waals surface area contributed by atoms with E-state index in [0.29, 0.717) is 17.5 Å². The third kappa shape index (κ3) is 3.75. The summed E-state index contributed by atoms with van der Waals surface area (Å²) in [6, 6.07) is 6.26. The Kier molecular flexibility index (Phi) is 4.47. The molecule has 2 N–H and O–H groups in total. The number of para-hydroxylation sites is 2. The van der Waals surface area contributed by atoms with Gasteiger partial charge in [0.1, 0.15) is 11.7 Å². The molecule has 6 heteroatoms. The molecule has 0 saturated carbocycles. The molecule has 110 valence electrons. The number of aliphatic carboxylic acids is 1. The van der Waals surface area contributed by atoms with Crippen molar-refractivity contribution in [2.24, 2.45) is 5.92 Å². The van der Waals surface area contributed by atoms with Gasteiger partial charge in [-0.1, -0.05) is 26.0 Å². The van der Waals surface area contributed by atoms with Crippen molar-refractivity contribution in [3.05, 3.63) is 36.2 Å². The number of carboxylic acid groups (broad SMARTS) is 1. The number of carbonyl (C=O) groups excluding carboxylic acids is 1. The summed E-state index contributed by atoms with van der Waals surface area (Å²) in [5.74, 6) is -1.42. The van der Waals surface area contributed by atoms with E-state index in [2.05, 4.69) is 15.3 Å². The number of carbonyl (C=O) groups is 2. The lowest BCUT2D eigenvalue weighted by Crippen LogP contribution is -2.42. The summed E-state index contributed by atoms with van der Waals surface area (Å²) < 4.78 is 0. The Hall–Kier alpha value is -2.50. The minimum atomic E-state index is -1.05. The van der Waals surface area contributed by atoms with Crippen molar-refractivity contribution in [3.63, 3.8) is 0 Å². The first-order chi connectivity index (χ1) is 9.97. The summed E-state index contributed by atoms with van der Waals surface area (Å²) in [4.78, 5) is 31.6. The molecule has 0 unspecified atom stereocenters. The van der Waals surface area contributed by atoms with Crippen molar-refractivity contribution in [1.82, 2.24) is 15.3 Å². The van der Waals surface area contributed by atoms with Gasteiger partial charge in [0.05, 0.1) is 17.2 Å². The number of benzene rings is 1. The summed E-state index contributed by atoms with van der Waals surface area (Å²) in [5, 5.41) is 11.6. The van der Waals surface area contributed by atoms with E-state index >= 15 is 0 Å². The van der Waals surface area contributed by atoms with Gasteiger partial charge in [0.2, 0.25) is 0 Å². The van der Waals surface area contributed by atoms with Crippen LogP contribution in [0.3, 0.4) is 0 Å². The SMILES string of the molecule is CC(C)C[C@@H](NC(=O)c1cnc2ccccc2n1)C(=O)O. The highest BCUT2D eigenvalue weighted by Gasteiger charge is 2.22. The number of fused-ring (bicyclic) bond motifs is 1. The largest absolute Gasteiger partial charge is 0.480 e. The molecular weight excluding hydrogens is 270 g/mol. The lowest BCUT2D eigenvalue weighted by molar-refractivity contribution is -0.139. The maximum atomic E-state index is 12.1. The molecule has 1 heterocycles. The normalized spacial score (nSPS) is 12.3. The average Bonchev–Trinajstić information content (AvgIpc) is 2.45. The first-order valence-electron chi connectivity index (χ1n) is 6.73. The predicted molar refractivity (Wildman–Crippen MR) is 77.9 cm³/mol. The Morgan fingerprint density at radius 3 is 2.52 bits per heavy atom. The molecular formula is C15H17N3O3. The fourth-order valence-electron chi connectivity index (χ4n) is 1.99. The van der Waals surface area contributed by atoms with Crippen LogP contribution in [-0.4, -0.2) is 33.0 Å². The molecule has 21 heavy (non-hydrogen) atoms. The van der Waals surface area contributed by atoms with Crippen molar-refractivity contribution in [2.45, 2.75) is 26.3 Å². The molecule has 1 atom stereocenters. The number of rotatable bonds is 5. The molecule has 1 amide bonds. The minimum absolute atomic E-state index is 0.115. The molecule has 6 nitrogen and oxygen atoms in total. The zero-order chi connectivity index (χ0) is 15.4. The first kappa shape index (κ1) is 14.9. The van der Waals surface area contributed by atoms with Gasteiger partial charge in [0, 0.05) is 0 Å². The third-order valence-corrected chi connectivity index (χ3v) is 2.99. The van der Waals surface area contributed by atoms with Crippen LogP contribution in [0.5, 0.6) is 0 Å². The Labute approximate surface area is 122 Å². The zero-order valence-corrected chi connectivity index (χ0v) is 11.9. The number of nitrogens with zero attached hydrogens (tertiary/aromatic N) is 2. The van der Waals surface area contributed by atoms with Crippen LogP contribution in [0.15, 0.2) is 30.5 Å². The van der Waals surface area contributed by atoms with Gasteiger partial charge in [-0.15, -0.1) is 0 Å². The van der Waals surface area contributed by atoms with Crippen molar-refractivity contribution in [1.29, 1.82) is 0 Å². The second-order valence-corrected chi connectivity index (χ2v) is 5.24. The maximum Gasteiger partial charge on any atom is 0.326 e. The van der Waals surface area contributed by atoms with Gasteiger partial charge >= 0.3 is 5.97 Å². The molecule has 0 bridgehead atoms. The monoisotopic (exact) mass is 287 g/mol. The summed E-state index contributed by atoms with van der Waals surface area (Å²) >= 11 is 0. The van der Waals surface area contributed by atoms with E-state index in [1.165, 1.54) is 6.20 Å². The third-order valence-electron chi connectivity index (χ3n) is 2.99. The molecule has 1 aromatic heterocycles. The number of amides is 1. The first-order valence-corrected chi connectivity index (χ1v) is 6.73. The molecule has 0 fully saturated rings. The summed E-state index contributed by atoms with van der Waals surface area (Å²) in [5.41, 5.74) is 1.40. The summed E-state index contributed by atoms with van der Waals surface area (Å²) in [7, 11) is 0. The highest BCUT2D eigenvalue weighted by atomic mass is 16.4. The van der Waals surface area contributed by atoms with Crippen LogP contribution in [0.2, 0.25) is 0 Å². The predicted octanol–water partition coefficient (Wildman–Crippen LogP) is 1.86. The van der Waals surface area contributed by atoms with E-state index in [1.807, 2.05) is 19.9 Å². The van der Waals surface area contributed by atoms with Crippen LogP contribution in [0.1, 0.15) is 30.8 Å². The number of hydrogen-bond donors (Lipinski definition) is 2. The van der Waals surface area contributed by atoms with Gasteiger partial charge < -0.3 is 10.4 Å². The molecule has 0 radical (unpaired) electrons. The number of carboxylic acids is 1. The Morgan fingerprint density at radius 2 is 1.90 bits per heavy atom. The van der Waals surface area contributed by atoms with Crippen LogP contribution in [-0.2, 0) is 4.79 Å². The number of aromatic nitrogens is 2. The second kappa shape index (κ2) is 6.30. The van der Waals surface area contributed by atoms with Gasteiger partial charge in [-0.3, -0.25) is 9.78 Å². The van der Waals surface area contributed by atoms with Crippen molar-refractivity contribution >= 4 is 22.9 Å². The minimum Gasteiger partial charge on any atom is -0.480 e. The van der Waals surface area contributed by atoms with Gasteiger partial charge in [-0.05, 0) is 24.5 Å². The zero-order valence-electron chi connectivity index (χ0n) is 11.9. The Morgan fingerprint density at radius 1 is 1.24 bits per heavy atom. The van der Waals surface area contributed by atoms with Crippen LogP contribution >= 0.6 is 0 Å². The Balaban J connectivity index is 2.19. The summed E-state index contributed by atoms with van der Waals surface area (Å²) in [6.07, 6.45) is 1.72. The highest BCUT2D eigenvalue weighted by molar-refractivity contribution is 5.96. The van der Waals surface area contributed by atoms with E-state index in [9.17, 15) is 9.59 Å². The lowest BCUT2D eigenvalue weighted by atomic mass is 10.0. The lowest BCUT2D eigenvalue weighted by Gasteiger charge is -2.16. The standard InChI is InChI=1S/C15H17N3O3/c1-9(2)7-12(15(20)21)18-14(19)13-8-16-10-5-3-4-6-11(10)17-13/h3-6,8-9,12H,7H2,1-2H3,(H,18,19)(H,20,21)/t12-/m1/s1. The molecule has 2 rings (SSSR count). The van der Waals surface area contributed by atoms with E-state index in [0.717, 1.165) is 0 Å². The average molecular weight is 287 g/mol. The summed E-state index contributed by atoms with van der Waals surface area (Å²) in [6.45, 7) is 3.80. The topological polar surface area (TPSA) is 92.2 Å². The maximum absolute atomic E-state index is 12.1. The highest BCUT2D eigenvalue weighted by Crippen LogP contribution is 2.10. The van der Waals surface area contributed by atoms with Crippen LogP contribution in [0, 0.1) is 5.92 Å². The molecule has 1 aromatic carbocycles. The van der Waals surface area contributed by atoms with Gasteiger partial charge in [-0.2, -0.15) is 0 Å². The van der Waals surface area contributed by atoms with E-state index < -0.39 is 17.9 Å². The number of nitrogens with one attached hydrogen (secondary N) is 1. The van der Waals surface area contributed by atoms with Crippen molar-refractivity contribution in [2.75, 3.05) is 0 Å². The number of hydrogen-bond acceptors (Lipinski definition) is 4. The van der Waals surface area contributed by atoms with Gasteiger partial charge in [0.15, 0.2) is 0 Å². The van der Waals surface area contributed by atoms with Gasteiger partial charge in [0.25, 0.3) is 5.91 Å². The molecule has 0 aliphatic carbocycles. The van der Waals surface area contributed by atoms with E-state index in [1.54, 1.807) is 18.2 Å². The van der Waals surface area contributed by atoms with Crippen molar-refractivity contribution in [3.8, 4) is 0 Å². The van der Waals surface area contributed by atoms with Crippen LogP contribution in [0.25, 0.3) is 11.0 Å². The van der Waals surface area contributed by atoms with Crippen LogP contribution < -0.4 is 5.32 Å². The fourth-order valence-corrected chi connectivity index (χ4v) is 1.99. The van der Waals surface area contributed by atoms with E-state index in [-0.39, 0.29) is 11.6 Å². The molecule has 0 saturated heterocycles. The molecule has 2 aromatic rings. The quantitative estimate of drug-likeness (QED) is 0.875.